The molecule has 7 nitrogen and oxygen atoms in total. The largest absolute Gasteiger partial charge is 0.416 e. The minimum absolute atomic E-state index is 0.129. The first kappa shape index (κ1) is 29.1. The Morgan fingerprint density at radius 2 is 1.79 bits per heavy atom. The van der Waals surface area contributed by atoms with Gasteiger partial charge in [0.15, 0.2) is 5.17 Å². The highest BCUT2D eigenvalue weighted by molar-refractivity contribution is 8.15. The van der Waals surface area contributed by atoms with Gasteiger partial charge in [0.2, 0.25) is 5.91 Å². The number of nitrogens with one attached hydrogen (secondary N) is 1. The normalized spacial score (nSPS) is 14.7. The van der Waals surface area contributed by atoms with Crippen LogP contribution in [0, 0.1) is 13.8 Å². The summed E-state index contributed by atoms with van der Waals surface area (Å²) in [6.45, 7) is 7.89. The summed E-state index contributed by atoms with van der Waals surface area (Å²) in [5, 5.41) is 3.13. The van der Waals surface area contributed by atoms with E-state index in [0.717, 1.165) is 40.1 Å². The van der Waals surface area contributed by atoms with Gasteiger partial charge < -0.3 is 9.88 Å². The van der Waals surface area contributed by atoms with Crippen LogP contribution in [0.3, 0.4) is 0 Å². The highest BCUT2D eigenvalue weighted by Gasteiger charge is 2.33. The smallest absolute Gasteiger partial charge is 0.306 e. The molecule has 1 saturated heterocycles. The molecule has 0 radical (unpaired) electrons. The monoisotopic (exact) mass is 591 g/mol. The number of imidazole rings is 1. The maximum absolute atomic E-state index is 13.0. The van der Waals surface area contributed by atoms with Crippen molar-refractivity contribution in [3.05, 3.63) is 95.4 Å². The van der Waals surface area contributed by atoms with E-state index >= 15 is 0 Å². The van der Waals surface area contributed by atoms with Crippen molar-refractivity contribution in [2.45, 2.75) is 39.8 Å². The molecule has 42 heavy (non-hydrogen) atoms. The Hall–Kier alpha value is -4.38. The van der Waals surface area contributed by atoms with Gasteiger partial charge in [0.05, 0.1) is 29.0 Å². The van der Waals surface area contributed by atoms with Gasteiger partial charge in [0, 0.05) is 23.1 Å². The average molecular weight is 592 g/mol. The van der Waals surface area contributed by atoms with E-state index in [2.05, 4.69) is 29.1 Å². The SMILES string of the molecule is Cc1ccc(C(C)C)c(N2C(=O)CS/C2=N\C(=O)Nc2ccc(-c3cn(-c4ccc(C(F)(F)F)cc4)cn3)cc2C)c1. The van der Waals surface area contributed by atoms with Crippen LogP contribution in [-0.2, 0) is 11.0 Å². The second-order valence-corrected chi connectivity index (χ2v) is 11.2. The van der Waals surface area contributed by atoms with Gasteiger partial charge in [-0.15, -0.1) is 0 Å². The van der Waals surface area contributed by atoms with Crippen molar-refractivity contribution >= 4 is 40.2 Å². The standard InChI is InChI=1S/C31H28F3N5O2S/c1-18(2)24-11-5-19(3)13-27(24)39-28(40)16-42-30(39)37-29(41)36-25-12-6-21(14-20(25)4)26-15-38(17-35-26)23-9-7-22(8-10-23)31(32,33)34/h5-15,17-18H,16H2,1-4H3,(H,36,41)/b37-30-. The van der Waals surface area contributed by atoms with Crippen LogP contribution in [0.4, 0.5) is 29.3 Å². The number of anilines is 2. The molecule has 0 aliphatic carbocycles. The molecule has 0 unspecified atom stereocenters. The predicted molar refractivity (Wildman–Crippen MR) is 160 cm³/mol. The molecule has 3 amide bonds. The van der Waals surface area contributed by atoms with Crippen LogP contribution in [0.1, 0.15) is 42.0 Å². The Balaban J connectivity index is 1.33. The number of aryl methyl sites for hydroxylation is 2. The summed E-state index contributed by atoms with van der Waals surface area (Å²) in [4.78, 5) is 35.9. The van der Waals surface area contributed by atoms with Crippen LogP contribution in [0.5, 0.6) is 0 Å². The number of hydrogen-bond donors (Lipinski definition) is 1. The second kappa shape index (κ2) is 11.5. The first-order valence-electron chi connectivity index (χ1n) is 13.2. The Morgan fingerprint density at radius 3 is 2.45 bits per heavy atom. The lowest BCUT2D eigenvalue weighted by Crippen LogP contribution is -2.31. The summed E-state index contributed by atoms with van der Waals surface area (Å²) in [6.07, 6.45) is -1.14. The zero-order valence-electron chi connectivity index (χ0n) is 23.4. The van der Waals surface area contributed by atoms with Crippen molar-refractivity contribution in [1.82, 2.24) is 9.55 Å². The van der Waals surface area contributed by atoms with Crippen molar-refractivity contribution in [2.75, 3.05) is 16.0 Å². The summed E-state index contributed by atoms with van der Waals surface area (Å²) < 4.78 is 40.3. The third-order valence-electron chi connectivity index (χ3n) is 6.85. The minimum Gasteiger partial charge on any atom is -0.306 e. The third-order valence-corrected chi connectivity index (χ3v) is 7.77. The number of rotatable bonds is 5. The predicted octanol–water partition coefficient (Wildman–Crippen LogP) is 7.97. The maximum atomic E-state index is 13.0. The number of thioether (sulfide) groups is 1. The molecule has 216 valence electrons. The number of amides is 3. The molecule has 1 fully saturated rings. The van der Waals surface area contributed by atoms with Gasteiger partial charge in [0.25, 0.3) is 0 Å². The number of aromatic nitrogens is 2. The lowest BCUT2D eigenvalue weighted by molar-refractivity contribution is -0.137. The van der Waals surface area contributed by atoms with Crippen LogP contribution in [0.15, 0.2) is 78.2 Å². The van der Waals surface area contributed by atoms with Crippen molar-refractivity contribution < 1.29 is 22.8 Å². The van der Waals surface area contributed by atoms with E-state index in [4.69, 9.17) is 0 Å². The maximum Gasteiger partial charge on any atom is 0.416 e. The molecule has 0 atom stereocenters. The van der Waals surface area contributed by atoms with Gasteiger partial charge in [-0.3, -0.25) is 9.69 Å². The summed E-state index contributed by atoms with van der Waals surface area (Å²) >= 11 is 1.22. The van der Waals surface area contributed by atoms with Gasteiger partial charge in [-0.25, -0.2) is 9.78 Å². The molecule has 3 aromatic carbocycles. The van der Waals surface area contributed by atoms with Crippen molar-refractivity contribution in [1.29, 1.82) is 0 Å². The lowest BCUT2D eigenvalue weighted by Gasteiger charge is -2.22. The van der Waals surface area contributed by atoms with Crippen LogP contribution in [0.25, 0.3) is 16.9 Å². The number of hydrogen-bond acceptors (Lipinski definition) is 4. The first-order chi connectivity index (χ1) is 19.9. The average Bonchev–Trinajstić information content (AvgIpc) is 3.56. The van der Waals surface area contributed by atoms with E-state index in [1.807, 2.05) is 38.1 Å². The molecule has 1 aliphatic rings. The van der Waals surface area contributed by atoms with E-state index in [-0.39, 0.29) is 17.6 Å². The Kier molecular flexibility index (Phi) is 7.96. The minimum atomic E-state index is -4.40. The molecular formula is C31H28F3N5O2S. The van der Waals surface area contributed by atoms with E-state index in [9.17, 15) is 22.8 Å². The molecule has 0 spiro atoms. The van der Waals surface area contributed by atoms with Crippen LogP contribution in [-0.4, -0.2) is 32.4 Å². The number of urea groups is 1. The first-order valence-corrected chi connectivity index (χ1v) is 14.2. The number of nitrogens with zero attached hydrogens (tertiary/aromatic N) is 4. The number of aliphatic imine (C=N–C) groups is 1. The summed E-state index contributed by atoms with van der Waals surface area (Å²) in [5.41, 5.74) is 5.27. The molecule has 1 aliphatic heterocycles. The number of halogens is 3. The molecule has 0 saturated carbocycles. The summed E-state index contributed by atoms with van der Waals surface area (Å²) in [6, 6.07) is 15.6. The zero-order chi connectivity index (χ0) is 30.2. The zero-order valence-corrected chi connectivity index (χ0v) is 24.2. The number of amidine groups is 1. The molecule has 1 aromatic heterocycles. The van der Waals surface area contributed by atoms with E-state index in [1.54, 1.807) is 22.9 Å². The fourth-order valence-corrected chi connectivity index (χ4v) is 5.50. The second-order valence-electron chi connectivity index (χ2n) is 10.3. The van der Waals surface area contributed by atoms with Crippen molar-refractivity contribution in [3.8, 4) is 16.9 Å². The van der Waals surface area contributed by atoms with Gasteiger partial charge in [-0.2, -0.15) is 18.2 Å². The van der Waals surface area contributed by atoms with Crippen LogP contribution >= 0.6 is 11.8 Å². The molecule has 4 aromatic rings. The Bertz CT molecular complexity index is 1690. The van der Waals surface area contributed by atoms with E-state index < -0.39 is 17.8 Å². The topological polar surface area (TPSA) is 79.6 Å². The fraction of sp³-hybridized carbons (Fsp3) is 0.226. The number of carbonyl (C=O) groups excluding carboxylic acids is 2. The molecular weight excluding hydrogens is 563 g/mol. The van der Waals surface area contributed by atoms with Gasteiger partial charge in [-0.1, -0.05) is 43.8 Å². The highest BCUT2D eigenvalue weighted by atomic mass is 32.2. The Labute approximate surface area is 245 Å². The van der Waals surface area contributed by atoms with Gasteiger partial charge >= 0.3 is 12.2 Å². The molecule has 1 N–H and O–H groups in total. The van der Waals surface area contributed by atoms with E-state index in [1.165, 1.54) is 35.1 Å². The third kappa shape index (κ3) is 6.11. The van der Waals surface area contributed by atoms with Crippen molar-refractivity contribution in [2.24, 2.45) is 4.99 Å². The quantitative estimate of drug-likeness (QED) is 0.255. The highest BCUT2D eigenvalue weighted by Crippen LogP contribution is 2.35. The molecule has 2 heterocycles. The molecule has 5 rings (SSSR count). The number of benzene rings is 3. The number of carbonyl (C=O) groups is 2. The van der Waals surface area contributed by atoms with Crippen LogP contribution < -0.4 is 10.2 Å². The lowest BCUT2D eigenvalue weighted by atomic mass is 9.99. The Morgan fingerprint density at radius 1 is 1.05 bits per heavy atom. The number of alkyl halides is 3. The van der Waals surface area contributed by atoms with Crippen LogP contribution in [0.2, 0.25) is 0 Å². The fourth-order valence-electron chi connectivity index (χ4n) is 4.65. The molecule has 0 bridgehead atoms. The summed E-state index contributed by atoms with van der Waals surface area (Å²) in [7, 11) is 0. The van der Waals surface area contributed by atoms with Gasteiger partial charge in [-0.05, 0) is 78.9 Å². The van der Waals surface area contributed by atoms with Gasteiger partial charge in [0.1, 0.15) is 0 Å². The molecule has 11 heteroatoms. The van der Waals surface area contributed by atoms with E-state index in [0.29, 0.717) is 22.2 Å². The summed E-state index contributed by atoms with van der Waals surface area (Å²) in [5.74, 6) is 0.247. The van der Waals surface area contributed by atoms with Crippen molar-refractivity contribution in [3.63, 3.8) is 0 Å².